The van der Waals surface area contributed by atoms with Crippen LogP contribution in [-0.2, 0) is 6.61 Å². The Morgan fingerprint density at radius 2 is 1.90 bits per heavy atom. The quantitative estimate of drug-likeness (QED) is 0.914. The number of rotatable bonds is 5. The summed E-state index contributed by atoms with van der Waals surface area (Å²) in [6.07, 6.45) is 0. The Balaban J connectivity index is 2.04. The van der Waals surface area contributed by atoms with Crippen molar-refractivity contribution in [1.29, 1.82) is 0 Å². The first-order chi connectivity index (χ1) is 9.60. The molecule has 0 amide bonds. The van der Waals surface area contributed by atoms with E-state index in [2.05, 4.69) is 0 Å². The Hall–Kier alpha value is -2.20. The maximum Gasteiger partial charge on any atom is 0.335 e. The number of hydrogen-bond donors (Lipinski definition) is 1. The van der Waals surface area contributed by atoms with Gasteiger partial charge in [0.1, 0.15) is 18.1 Å². The molecule has 0 saturated carbocycles. The number of methoxy groups -OCH3 is 1. The number of aromatic carboxylic acids is 1. The Morgan fingerprint density at radius 3 is 2.45 bits per heavy atom. The van der Waals surface area contributed by atoms with Crippen molar-refractivity contribution in [2.24, 2.45) is 0 Å². The van der Waals surface area contributed by atoms with Crippen LogP contribution in [0.1, 0.15) is 15.9 Å². The molecular formula is C15H13ClO4. The molecule has 2 aromatic carbocycles. The molecule has 104 valence electrons. The Kier molecular flexibility index (Phi) is 4.48. The van der Waals surface area contributed by atoms with Gasteiger partial charge >= 0.3 is 5.97 Å². The van der Waals surface area contributed by atoms with Crippen LogP contribution in [0.15, 0.2) is 42.5 Å². The van der Waals surface area contributed by atoms with E-state index < -0.39 is 5.97 Å². The molecule has 0 aliphatic heterocycles. The number of carbonyl (C=O) groups is 1. The molecule has 5 heteroatoms. The van der Waals surface area contributed by atoms with E-state index in [0.29, 0.717) is 12.4 Å². The minimum atomic E-state index is -1.02. The summed E-state index contributed by atoms with van der Waals surface area (Å²) in [5.74, 6) is 0.207. The molecule has 20 heavy (non-hydrogen) atoms. The Labute approximate surface area is 121 Å². The first-order valence-corrected chi connectivity index (χ1v) is 6.26. The first kappa shape index (κ1) is 14.2. The lowest BCUT2D eigenvalue weighted by Gasteiger charge is -2.09. The van der Waals surface area contributed by atoms with Crippen molar-refractivity contribution in [1.82, 2.24) is 0 Å². The topological polar surface area (TPSA) is 55.8 Å². The summed E-state index contributed by atoms with van der Waals surface area (Å²) in [6.45, 7) is 0.343. The summed E-state index contributed by atoms with van der Waals surface area (Å²) in [5.41, 5.74) is 1.09. The van der Waals surface area contributed by atoms with Crippen molar-refractivity contribution >= 4 is 17.6 Å². The van der Waals surface area contributed by atoms with E-state index in [0.717, 1.165) is 11.3 Å². The van der Waals surface area contributed by atoms with Gasteiger partial charge in [-0.05, 0) is 35.9 Å². The third kappa shape index (κ3) is 3.42. The van der Waals surface area contributed by atoms with Gasteiger partial charge in [-0.3, -0.25) is 0 Å². The lowest BCUT2D eigenvalue weighted by molar-refractivity contribution is 0.0697. The molecule has 0 unspecified atom stereocenters. The molecule has 2 rings (SSSR count). The third-order valence-corrected chi connectivity index (χ3v) is 3.03. The molecule has 0 aliphatic carbocycles. The van der Waals surface area contributed by atoms with Crippen LogP contribution in [0, 0.1) is 0 Å². The van der Waals surface area contributed by atoms with Gasteiger partial charge in [-0.15, -0.1) is 0 Å². The molecule has 0 spiro atoms. The van der Waals surface area contributed by atoms with E-state index in [4.69, 9.17) is 26.2 Å². The lowest BCUT2D eigenvalue weighted by Crippen LogP contribution is -1.99. The van der Waals surface area contributed by atoms with Crippen LogP contribution in [0.25, 0.3) is 0 Å². The average molecular weight is 293 g/mol. The van der Waals surface area contributed by atoms with Crippen LogP contribution in [0.2, 0.25) is 5.02 Å². The molecule has 0 aromatic heterocycles. The van der Waals surface area contributed by atoms with Gasteiger partial charge in [0.2, 0.25) is 0 Å². The van der Waals surface area contributed by atoms with Gasteiger partial charge in [-0.1, -0.05) is 23.7 Å². The second-order valence-corrected chi connectivity index (χ2v) is 4.49. The summed E-state index contributed by atoms with van der Waals surface area (Å²) in [7, 11) is 1.61. The number of benzene rings is 2. The number of carboxylic acid groups (broad SMARTS) is 1. The summed E-state index contributed by atoms with van der Waals surface area (Å²) < 4.78 is 10.6. The Morgan fingerprint density at radius 1 is 1.20 bits per heavy atom. The molecule has 0 atom stereocenters. The van der Waals surface area contributed by atoms with Gasteiger partial charge < -0.3 is 14.6 Å². The number of halogens is 1. The van der Waals surface area contributed by atoms with E-state index >= 15 is 0 Å². The largest absolute Gasteiger partial charge is 0.497 e. The van der Waals surface area contributed by atoms with Crippen LogP contribution >= 0.6 is 11.6 Å². The minimum absolute atomic E-state index is 0.131. The highest BCUT2D eigenvalue weighted by Gasteiger charge is 2.08. The van der Waals surface area contributed by atoms with Gasteiger partial charge in [-0.25, -0.2) is 4.79 Å². The zero-order valence-electron chi connectivity index (χ0n) is 10.8. The van der Waals surface area contributed by atoms with Crippen molar-refractivity contribution in [2.45, 2.75) is 6.61 Å². The zero-order chi connectivity index (χ0) is 14.5. The van der Waals surface area contributed by atoms with Crippen molar-refractivity contribution < 1.29 is 19.4 Å². The molecule has 0 aliphatic rings. The summed E-state index contributed by atoms with van der Waals surface area (Å²) in [6, 6.07) is 11.8. The van der Waals surface area contributed by atoms with E-state index in [9.17, 15) is 4.79 Å². The third-order valence-electron chi connectivity index (χ3n) is 2.73. The molecule has 0 fully saturated rings. The number of hydrogen-bond acceptors (Lipinski definition) is 3. The zero-order valence-corrected chi connectivity index (χ0v) is 11.6. The number of carboxylic acids is 1. The highest BCUT2D eigenvalue weighted by atomic mass is 35.5. The maximum atomic E-state index is 10.8. The molecule has 0 saturated heterocycles. The van der Waals surface area contributed by atoms with Gasteiger partial charge in [0.25, 0.3) is 0 Å². The standard InChI is InChI=1S/C15H13ClO4/c1-19-12-5-2-10(3-6-12)9-20-14-7-4-11(15(17)18)8-13(14)16/h2-8H,9H2,1H3,(H,17,18). The predicted octanol–water partition coefficient (Wildman–Crippen LogP) is 3.63. The van der Waals surface area contributed by atoms with Crippen molar-refractivity contribution in [2.75, 3.05) is 7.11 Å². The van der Waals surface area contributed by atoms with Gasteiger partial charge in [0, 0.05) is 0 Å². The van der Waals surface area contributed by atoms with E-state index in [-0.39, 0.29) is 10.6 Å². The second-order valence-electron chi connectivity index (χ2n) is 4.09. The highest BCUT2D eigenvalue weighted by molar-refractivity contribution is 6.32. The van der Waals surface area contributed by atoms with Gasteiger partial charge in [-0.2, -0.15) is 0 Å². The number of ether oxygens (including phenoxy) is 2. The van der Waals surface area contributed by atoms with Crippen molar-refractivity contribution in [3.05, 3.63) is 58.6 Å². The van der Waals surface area contributed by atoms with Crippen molar-refractivity contribution in [3.63, 3.8) is 0 Å². The highest BCUT2D eigenvalue weighted by Crippen LogP contribution is 2.26. The molecule has 0 bridgehead atoms. The fourth-order valence-corrected chi connectivity index (χ4v) is 1.87. The molecular weight excluding hydrogens is 280 g/mol. The van der Waals surface area contributed by atoms with Crippen molar-refractivity contribution in [3.8, 4) is 11.5 Å². The Bertz CT molecular complexity index is 608. The molecule has 1 N–H and O–H groups in total. The van der Waals surface area contributed by atoms with E-state index in [1.54, 1.807) is 13.2 Å². The molecule has 0 heterocycles. The summed E-state index contributed by atoms with van der Waals surface area (Å²) >= 11 is 5.98. The van der Waals surface area contributed by atoms with Crippen LogP contribution in [0.5, 0.6) is 11.5 Å². The fourth-order valence-electron chi connectivity index (χ4n) is 1.63. The molecule has 2 aromatic rings. The van der Waals surface area contributed by atoms with Gasteiger partial charge in [0.05, 0.1) is 17.7 Å². The predicted molar refractivity (Wildman–Crippen MR) is 75.7 cm³/mol. The molecule has 4 nitrogen and oxygen atoms in total. The maximum absolute atomic E-state index is 10.8. The van der Waals surface area contributed by atoms with E-state index in [1.165, 1.54) is 12.1 Å². The second kappa shape index (κ2) is 6.30. The first-order valence-electron chi connectivity index (χ1n) is 5.88. The average Bonchev–Trinajstić information content (AvgIpc) is 2.46. The molecule has 0 radical (unpaired) electrons. The fraction of sp³-hybridized carbons (Fsp3) is 0.133. The van der Waals surface area contributed by atoms with Crippen LogP contribution in [0.4, 0.5) is 0 Å². The monoisotopic (exact) mass is 292 g/mol. The summed E-state index contributed by atoms with van der Waals surface area (Å²) in [5, 5.41) is 9.12. The lowest BCUT2D eigenvalue weighted by atomic mass is 10.2. The van der Waals surface area contributed by atoms with E-state index in [1.807, 2.05) is 24.3 Å². The van der Waals surface area contributed by atoms with Crippen LogP contribution in [-0.4, -0.2) is 18.2 Å². The normalized spacial score (nSPS) is 10.1. The smallest absolute Gasteiger partial charge is 0.335 e. The van der Waals surface area contributed by atoms with Crippen LogP contribution < -0.4 is 9.47 Å². The summed E-state index contributed by atoms with van der Waals surface area (Å²) in [4.78, 5) is 10.8. The van der Waals surface area contributed by atoms with Crippen LogP contribution in [0.3, 0.4) is 0 Å². The van der Waals surface area contributed by atoms with Gasteiger partial charge in [0.15, 0.2) is 0 Å². The minimum Gasteiger partial charge on any atom is -0.497 e. The SMILES string of the molecule is COc1ccc(COc2ccc(C(=O)O)cc2Cl)cc1.